The number of hydrogen-bond donors (Lipinski definition) is 0. The number of hydrogen-bond acceptors (Lipinski definition) is 5. The number of nitriles is 1. The molecule has 1 saturated heterocycles. The van der Waals surface area contributed by atoms with Gasteiger partial charge in [0, 0.05) is 13.1 Å². The molecule has 0 aliphatic carbocycles. The molecule has 0 unspecified atom stereocenters. The van der Waals surface area contributed by atoms with E-state index < -0.39 is 0 Å². The van der Waals surface area contributed by atoms with Crippen LogP contribution in [0.4, 0.5) is 5.95 Å². The lowest BCUT2D eigenvalue weighted by Gasteiger charge is -2.28. The maximum Gasteiger partial charge on any atom is 0.232 e. The molecular formula is C25H21N5O. The summed E-state index contributed by atoms with van der Waals surface area (Å²) in [6, 6.07) is 26.5. The summed E-state index contributed by atoms with van der Waals surface area (Å²) in [6.07, 6.45) is 1.90. The van der Waals surface area contributed by atoms with Crippen LogP contribution in [-0.2, 0) is 4.74 Å². The van der Waals surface area contributed by atoms with E-state index in [0.29, 0.717) is 24.6 Å². The Kier molecular flexibility index (Phi) is 5.17. The van der Waals surface area contributed by atoms with E-state index in [9.17, 15) is 5.26 Å². The third-order valence-electron chi connectivity index (χ3n) is 5.44. The number of para-hydroxylation sites is 1. The lowest BCUT2D eigenvalue weighted by molar-refractivity contribution is 0.122. The van der Waals surface area contributed by atoms with Gasteiger partial charge in [-0.1, -0.05) is 60.7 Å². The summed E-state index contributed by atoms with van der Waals surface area (Å²) in [5.74, 6) is 1.26. The number of allylic oxidation sites excluding steroid dienone is 1. The van der Waals surface area contributed by atoms with E-state index in [2.05, 4.69) is 39.4 Å². The van der Waals surface area contributed by atoms with Crippen LogP contribution in [0.25, 0.3) is 28.1 Å². The topological polar surface area (TPSA) is 67.0 Å². The average molecular weight is 407 g/mol. The van der Waals surface area contributed by atoms with Gasteiger partial charge in [-0.15, -0.1) is 10.2 Å². The van der Waals surface area contributed by atoms with Crippen LogP contribution in [0.2, 0.25) is 0 Å². The molecule has 0 N–H and O–H groups in total. The van der Waals surface area contributed by atoms with E-state index in [-0.39, 0.29) is 0 Å². The number of fused-ring (bicyclic) bond motifs is 1. The Bertz CT molecular complexity index is 1280. The Hall–Kier alpha value is -3.95. The third kappa shape index (κ3) is 3.67. The van der Waals surface area contributed by atoms with Gasteiger partial charge in [-0.25, -0.2) is 0 Å². The van der Waals surface area contributed by atoms with E-state index in [1.54, 1.807) is 0 Å². The highest BCUT2D eigenvalue weighted by Crippen LogP contribution is 2.28. The molecule has 1 fully saturated rings. The average Bonchev–Trinajstić information content (AvgIpc) is 3.29. The summed E-state index contributed by atoms with van der Waals surface area (Å²) in [6.45, 7) is 2.77. The van der Waals surface area contributed by atoms with Crippen molar-refractivity contribution in [2.45, 2.75) is 0 Å². The van der Waals surface area contributed by atoms with Gasteiger partial charge in [0.15, 0.2) is 5.82 Å². The number of anilines is 1. The van der Waals surface area contributed by atoms with E-state index in [1.807, 2.05) is 65.2 Å². The van der Waals surface area contributed by atoms with Gasteiger partial charge in [-0.2, -0.15) is 5.26 Å². The smallest absolute Gasteiger partial charge is 0.232 e. The molecular weight excluding hydrogens is 386 g/mol. The fourth-order valence-electron chi connectivity index (χ4n) is 3.91. The predicted octanol–water partition coefficient (Wildman–Crippen LogP) is 4.32. The minimum Gasteiger partial charge on any atom is -0.378 e. The first-order valence-electron chi connectivity index (χ1n) is 10.3. The second-order valence-electron chi connectivity index (χ2n) is 7.33. The van der Waals surface area contributed by atoms with Crippen LogP contribution in [-0.4, -0.2) is 41.1 Å². The minimum absolute atomic E-state index is 0.465. The molecule has 1 aromatic heterocycles. The molecule has 6 heteroatoms. The fraction of sp³-hybridized carbons (Fsp3) is 0.160. The Morgan fingerprint density at radius 1 is 0.903 bits per heavy atom. The van der Waals surface area contributed by atoms with Crippen molar-refractivity contribution >= 4 is 28.4 Å². The van der Waals surface area contributed by atoms with Crippen LogP contribution in [0.1, 0.15) is 11.4 Å². The quantitative estimate of drug-likeness (QED) is 0.471. The molecule has 5 rings (SSSR count). The van der Waals surface area contributed by atoms with Crippen molar-refractivity contribution in [3.63, 3.8) is 0 Å². The van der Waals surface area contributed by atoms with Gasteiger partial charge in [0.05, 0.1) is 24.5 Å². The predicted molar refractivity (Wildman–Crippen MR) is 122 cm³/mol. The maximum atomic E-state index is 10.1. The summed E-state index contributed by atoms with van der Waals surface area (Å²) in [7, 11) is 0. The van der Waals surface area contributed by atoms with Gasteiger partial charge in [0.1, 0.15) is 6.07 Å². The number of ether oxygens (including phenoxy) is 1. The molecule has 0 amide bonds. The minimum atomic E-state index is 0.465. The Labute approximate surface area is 180 Å². The first-order chi connectivity index (χ1) is 15.3. The zero-order valence-corrected chi connectivity index (χ0v) is 17.0. The number of aromatic nitrogens is 3. The van der Waals surface area contributed by atoms with Gasteiger partial charge >= 0.3 is 0 Å². The summed E-state index contributed by atoms with van der Waals surface area (Å²) < 4.78 is 7.46. The third-order valence-corrected chi connectivity index (χ3v) is 5.44. The second-order valence-corrected chi connectivity index (χ2v) is 7.33. The Morgan fingerprint density at radius 2 is 1.65 bits per heavy atom. The summed E-state index contributed by atoms with van der Waals surface area (Å²) in [5.41, 5.74) is 2.36. The molecule has 2 heterocycles. The molecule has 0 bridgehead atoms. The molecule has 6 nitrogen and oxygen atoms in total. The molecule has 31 heavy (non-hydrogen) atoms. The van der Waals surface area contributed by atoms with Crippen LogP contribution >= 0.6 is 0 Å². The number of nitrogens with zero attached hydrogens (tertiary/aromatic N) is 5. The van der Waals surface area contributed by atoms with Crippen LogP contribution in [0.3, 0.4) is 0 Å². The van der Waals surface area contributed by atoms with Gasteiger partial charge in [0.25, 0.3) is 0 Å². The largest absolute Gasteiger partial charge is 0.378 e. The van der Waals surface area contributed by atoms with Crippen LogP contribution in [0.15, 0.2) is 72.8 Å². The highest BCUT2D eigenvalue weighted by atomic mass is 16.5. The van der Waals surface area contributed by atoms with E-state index in [1.165, 1.54) is 0 Å². The van der Waals surface area contributed by atoms with Crippen molar-refractivity contribution in [3.8, 4) is 11.8 Å². The molecule has 0 spiro atoms. The zero-order valence-electron chi connectivity index (χ0n) is 17.0. The van der Waals surface area contributed by atoms with Gasteiger partial charge < -0.3 is 9.64 Å². The number of rotatable bonds is 4. The molecule has 1 aliphatic heterocycles. The standard InChI is InChI=1S/C25H21N5O/c26-18-21(17-20-9-6-8-19-7-4-5-12-23(19)20)24-27-28-25(29-13-15-31-16-14-29)30(24)22-10-2-1-3-11-22/h1-12,17H,13-16H2/b21-17+. The first kappa shape index (κ1) is 19.0. The molecule has 4 aromatic rings. The molecule has 3 aromatic carbocycles. The van der Waals surface area contributed by atoms with Crippen LogP contribution in [0, 0.1) is 11.3 Å². The zero-order chi connectivity index (χ0) is 21.0. The molecule has 0 saturated carbocycles. The highest BCUT2D eigenvalue weighted by molar-refractivity contribution is 5.97. The van der Waals surface area contributed by atoms with Gasteiger partial charge in [-0.3, -0.25) is 4.57 Å². The van der Waals surface area contributed by atoms with Crippen LogP contribution < -0.4 is 4.90 Å². The molecule has 0 radical (unpaired) electrons. The highest BCUT2D eigenvalue weighted by Gasteiger charge is 2.23. The Balaban J connectivity index is 1.67. The summed E-state index contributed by atoms with van der Waals surface area (Å²) in [4.78, 5) is 2.15. The summed E-state index contributed by atoms with van der Waals surface area (Å²) >= 11 is 0. The molecule has 1 aliphatic rings. The van der Waals surface area contributed by atoms with E-state index in [0.717, 1.165) is 41.1 Å². The maximum absolute atomic E-state index is 10.1. The van der Waals surface area contributed by atoms with E-state index >= 15 is 0 Å². The summed E-state index contributed by atoms with van der Waals surface area (Å²) in [5, 5.41) is 21.2. The van der Waals surface area contributed by atoms with Crippen LogP contribution in [0.5, 0.6) is 0 Å². The first-order valence-corrected chi connectivity index (χ1v) is 10.3. The SMILES string of the molecule is N#C/C(=C\c1cccc2ccccc12)c1nnc(N2CCOCC2)n1-c1ccccc1. The van der Waals surface area contributed by atoms with Crippen molar-refractivity contribution < 1.29 is 4.74 Å². The molecule has 152 valence electrons. The van der Waals surface area contributed by atoms with Crippen molar-refractivity contribution in [1.82, 2.24) is 14.8 Å². The molecule has 0 atom stereocenters. The van der Waals surface area contributed by atoms with Crippen molar-refractivity contribution in [2.24, 2.45) is 0 Å². The van der Waals surface area contributed by atoms with Gasteiger partial charge in [0.2, 0.25) is 5.95 Å². The number of morpholine rings is 1. The van der Waals surface area contributed by atoms with Crippen molar-refractivity contribution in [2.75, 3.05) is 31.2 Å². The second kappa shape index (κ2) is 8.42. The van der Waals surface area contributed by atoms with Gasteiger partial charge in [-0.05, 0) is 34.5 Å². The fourth-order valence-corrected chi connectivity index (χ4v) is 3.91. The lowest BCUT2D eigenvalue weighted by Crippen LogP contribution is -2.38. The number of benzene rings is 3. The van der Waals surface area contributed by atoms with Crippen molar-refractivity contribution in [1.29, 1.82) is 5.26 Å². The van der Waals surface area contributed by atoms with E-state index in [4.69, 9.17) is 4.74 Å². The van der Waals surface area contributed by atoms with Crippen molar-refractivity contribution in [3.05, 3.63) is 84.2 Å². The lowest BCUT2D eigenvalue weighted by atomic mass is 10.0. The normalized spacial score (nSPS) is 14.5. The Morgan fingerprint density at radius 3 is 2.45 bits per heavy atom. The monoisotopic (exact) mass is 407 g/mol.